The summed E-state index contributed by atoms with van der Waals surface area (Å²) in [6, 6.07) is 0. The van der Waals surface area contributed by atoms with Crippen molar-refractivity contribution in [3.05, 3.63) is 0 Å². The predicted molar refractivity (Wildman–Crippen MR) is 20.0 cm³/mol. The summed E-state index contributed by atoms with van der Waals surface area (Å²) in [5, 5.41) is 35.7. The minimum absolute atomic E-state index is 0. The second-order valence-electron chi connectivity index (χ2n) is 1.15. The van der Waals surface area contributed by atoms with Crippen molar-refractivity contribution in [2.24, 2.45) is 0 Å². The van der Waals surface area contributed by atoms with Gasteiger partial charge in [0.15, 0.2) is 0 Å². The SMILES string of the molecule is O=C([O-])C(=O)[O-].O=C([O-])C(=O)[O-].[Cu+2].[Pt+2]. The normalized spacial score (nSPS) is 6.29. The zero-order chi connectivity index (χ0) is 10.3. The molecule has 8 nitrogen and oxygen atoms in total. The standard InChI is InChI=1S/2C2H2O4.Cu.Pt/c2*3-1(4)2(5)6;;/h2*(H,3,4)(H,5,6);;/q;;2*+2/p-4. The van der Waals surface area contributed by atoms with Gasteiger partial charge in [-0.2, -0.15) is 0 Å². The Bertz CT molecular complexity index is 177. The summed E-state index contributed by atoms with van der Waals surface area (Å²) in [6.45, 7) is 0. The summed E-state index contributed by atoms with van der Waals surface area (Å²) in [4.78, 5) is 35.7. The van der Waals surface area contributed by atoms with Gasteiger partial charge in [-0.15, -0.1) is 0 Å². The summed E-state index contributed by atoms with van der Waals surface area (Å²) in [7, 11) is 0. The van der Waals surface area contributed by atoms with Gasteiger partial charge in [0.05, 0.1) is 23.9 Å². The van der Waals surface area contributed by atoms with E-state index in [0.717, 1.165) is 0 Å². The van der Waals surface area contributed by atoms with E-state index >= 15 is 0 Å². The second-order valence-corrected chi connectivity index (χ2v) is 1.15. The predicted octanol–water partition coefficient (Wildman–Crippen LogP) is -7.03. The molecule has 0 rings (SSSR count). The van der Waals surface area contributed by atoms with Gasteiger partial charge in [-0.1, -0.05) is 0 Å². The van der Waals surface area contributed by atoms with Gasteiger partial charge >= 0.3 is 38.1 Å². The molecular formula is C4CuO8Pt. The van der Waals surface area contributed by atoms with Crippen LogP contribution in [0.15, 0.2) is 0 Å². The van der Waals surface area contributed by atoms with E-state index in [-0.39, 0.29) is 38.1 Å². The zero-order valence-corrected chi connectivity index (χ0v) is 9.10. The molecular weight excluding hydrogens is 435 g/mol. The van der Waals surface area contributed by atoms with Crippen LogP contribution in [0.1, 0.15) is 0 Å². The molecule has 1 radical (unpaired) electrons. The fraction of sp³-hybridized carbons (Fsp3) is 0. The summed E-state index contributed by atoms with van der Waals surface area (Å²) < 4.78 is 0. The van der Waals surface area contributed by atoms with Crippen molar-refractivity contribution in [2.45, 2.75) is 0 Å². The van der Waals surface area contributed by atoms with Crippen LogP contribution in [0.3, 0.4) is 0 Å². The number of carbonyl (C=O) groups excluding carboxylic acids is 4. The third-order valence-corrected chi connectivity index (χ3v) is 0.333. The van der Waals surface area contributed by atoms with Gasteiger partial charge in [-0.05, 0) is 0 Å². The number of carbonyl (C=O) groups is 4. The molecule has 0 saturated carbocycles. The van der Waals surface area contributed by atoms with Gasteiger partial charge in [0.25, 0.3) is 0 Å². The molecule has 0 fully saturated rings. The smallest absolute Gasteiger partial charge is 0.543 e. The van der Waals surface area contributed by atoms with Crippen molar-refractivity contribution in [3.8, 4) is 0 Å². The average molecular weight is 435 g/mol. The Balaban J connectivity index is -0.0000000625. The average Bonchev–Trinajstić information content (AvgIpc) is 1.88. The Morgan fingerprint density at radius 1 is 0.571 bits per heavy atom. The minimum atomic E-state index is -2.19. The second kappa shape index (κ2) is 12.1. The summed E-state index contributed by atoms with van der Waals surface area (Å²) in [5.41, 5.74) is 0. The molecule has 0 aliphatic rings. The van der Waals surface area contributed by atoms with Crippen LogP contribution in [0.2, 0.25) is 0 Å². The van der Waals surface area contributed by atoms with E-state index in [1.807, 2.05) is 0 Å². The molecule has 14 heavy (non-hydrogen) atoms. The van der Waals surface area contributed by atoms with Crippen molar-refractivity contribution in [2.75, 3.05) is 0 Å². The molecule has 0 aliphatic heterocycles. The summed E-state index contributed by atoms with van der Waals surface area (Å²) in [6.07, 6.45) is 0. The first-order valence-electron chi connectivity index (χ1n) is 2.13. The van der Waals surface area contributed by atoms with Gasteiger partial charge in [0, 0.05) is 0 Å². The topological polar surface area (TPSA) is 161 Å². The number of hydrogen-bond acceptors (Lipinski definition) is 8. The Morgan fingerprint density at radius 2 is 0.643 bits per heavy atom. The zero-order valence-electron chi connectivity index (χ0n) is 5.88. The fourth-order valence-electron chi connectivity index (χ4n) is 0. The van der Waals surface area contributed by atoms with Crippen LogP contribution in [0.5, 0.6) is 0 Å². The number of carboxylic acids is 4. The van der Waals surface area contributed by atoms with E-state index in [9.17, 15) is 0 Å². The molecule has 0 unspecified atom stereocenters. The van der Waals surface area contributed by atoms with Crippen LogP contribution in [-0.4, -0.2) is 23.9 Å². The van der Waals surface area contributed by atoms with E-state index in [4.69, 9.17) is 39.6 Å². The monoisotopic (exact) mass is 434 g/mol. The van der Waals surface area contributed by atoms with E-state index in [2.05, 4.69) is 0 Å². The van der Waals surface area contributed by atoms with E-state index in [1.54, 1.807) is 0 Å². The van der Waals surface area contributed by atoms with Gasteiger partial charge < -0.3 is 39.6 Å². The number of carboxylic acid groups (broad SMARTS) is 4. The van der Waals surface area contributed by atoms with Crippen molar-refractivity contribution >= 4 is 23.9 Å². The largest absolute Gasteiger partial charge is 2.00 e. The molecule has 10 heteroatoms. The van der Waals surface area contributed by atoms with Crippen molar-refractivity contribution in [1.82, 2.24) is 0 Å². The Labute approximate surface area is 102 Å². The van der Waals surface area contributed by atoms with Crippen LogP contribution < -0.4 is 20.4 Å². The molecule has 0 spiro atoms. The van der Waals surface area contributed by atoms with Crippen molar-refractivity contribution in [1.29, 1.82) is 0 Å². The first kappa shape index (κ1) is 23.2. The summed E-state index contributed by atoms with van der Waals surface area (Å²) >= 11 is 0. The molecule has 0 aromatic carbocycles. The number of rotatable bonds is 0. The Hall–Kier alpha value is -0.912. The first-order chi connectivity index (χ1) is 5.29. The molecule has 0 aromatic rings. The van der Waals surface area contributed by atoms with Crippen LogP contribution in [0, 0.1) is 0 Å². The maximum Gasteiger partial charge on any atom is 2.00 e. The molecule has 0 N–H and O–H groups in total. The van der Waals surface area contributed by atoms with Crippen molar-refractivity contribution < 1.29 is 77.7 Å². The third-order valence-electron chi connectivity index (χ3n) is 0.333. The quantitative estimate of drug-likeness (QED) is 0.268. The van der Waals surface area contributed by atoms with Crippen LogP contribution in [0.4, 0.5) is 0 Å². The molecule has 0 aromatic heterocycles. The molecule has 0 aliphatic carbocycles. The first-order valence-corrected chi connectivity index (χ1v) is 2.13. The maximum absolute atomic E-state index is 8.93. The van der Waals surface area contributed by atoms with E-state index in [1.165, 1.54) is 0 Å². The molecule has 0 saturated heterocycles. The number of hydrogen-bond donors (Lipinski definition) is 0. The molecule has 0 amide bonds. The Morgan fingerprint density at radius 3 is 0.643 bits per heavy atom. The van der Waals surface area contributed by atoms with Crippen molar-refractivity contribution in [3.63, 3.8) is 0 Å². The Kier molecular flexibility index (Phi) is 20.0. The van der Waals surface area contributed by atoms with Crippen LogP contribution in [0.25, 0.3) is 0 Å². The maximum atomic E-state index is 8.93. The molecule has 0 heterocycles. The molecule has 0 atom stereocenters. The van der Waals surface area contributed by atoms with E-state index in [0.29, 0.717) is 0 Å². The minimum Gasteiger partial charge on any atom is -0.543 e. The number of aliphatic carboxylic acids is 4. The molecule has 85 valence electrons. The van der Waals surface area contributed by atoms with E-state index < -0.39 is 23.9 Å². The van der Waals surface area contributed by atoms with Crippen LogP contribution in [-0.2, 0) is 57.3 Å². The van der Waals surface area contributed by atoms with Gasteiger partial charge in [-0.3, -0.25) is 0 Å². The third kappa shape index (κ3) is 22.5. The van der Waals surface area contributed by atoms with Gasteiger partial charge in [-0.25, -0.2) is 0 Å². The fourth-order valence-corrected chi connectivity index (χ4v) is 0. The van der Waals surface area contributed by atoms with Gasteiger partial charge in [0.1, 0.15) is 0 Å². The summed E-state index contributed by atoms with van der Waals surface area (Å²) in [5.74, 6) is -8.74. The molecule has 0 bridgehead atoms. The van der Waals surface area contributed by atoms with Gasteiger partial charge in [0.2, 0.25) is 0 Å². The van der Waals surface area contributed by atoms with Crippen LogP contribution >= 0.6 is 0 Å².